The summed E-state index contributed by atoms with van der Waals surface area (Å²) < 4.78 is 14.3. The summed E-state index contributed by atoms with van der Waals surface area (Å²) in [7, 11) is 3.61. The molecule has 1 saturated carbocycles. The van der Waals surface area contributed by atoms with E-state index in [-0.39, 0.29) is 5.91 Å². The first-order valence-corrected chi connectivity index (χ1v) is 11.8. The molecule has 1 aliphatic heterocycles. The predicted octanol–water partition coefficient (Wildman–Crippen LogP) is 3.19. The van der Waals surface area contributed by atoms with Gasteiger partial charge in [0.2, 0.25) is 0 Å². The van der Waals surface area contributed by atoms with Crippen LogP contribution in [0.25, 0.3) is 22.0 Å². The average molecular weight is 474 g/mol. The van der Waals surface area contributed by atoms with E-state index in [1.807, 2.05) is 29.2 Å². The number of hydrogen-bond acceptors (Lipinski definition) is 6. The number of fused-ring (bicyclic) bond motifs is 1. The molecular formula is C27H28FN5O2. The summed E-state index contributed by atoms with van der Waals surface area (Å²) in [6, 6.07) is 14.5. The van der Waals surface area contributed by atoms with Crippen LogP contribution in [0.15, 0.2) is 48.7 Å². The van der Waals surface area contributed by atoms with Gasteiger partial charge >= 0.3 is 0 Å². The highest BCUT2D eigenvalue weighted by Crippen LogP contribution is 2.48. The Morgan fingerprint density at radius 2 is 1.83 bits per heavy atom. The quantitative estimate of drug-likeness (QED) is 0.573. The van der Waals surface area contributed by atoms with Gasteiger partial charge in [0.1, 0.15) is 5.82 Å². The molecule has 8 heteroatoms. The van der Waals surface area contributed by atoms with E-state index in [2.05, 4.69) is 11.1 Å². The SMILES string of the molecule is CN(C)C(O)N1CCN(C(=O)c2cnc3ccc(F)cc3c2-c2ccc(C3(C#N)CC3)cc2)CC1. The summed E-state index contributed by atoms with van der Waals surface area (Å²) >= 11 is 0. The lowest BCUT2D eigenvalue weighted by Crippen LogP contribution is -2.55. The first-order valence-electron chi connectivity index (χ1n) is 11.8. The van der Waals surface area contributed by atoms with Crippen LogP contribution in [0.4, 0.5) is 4.39 Å². The van der Waals surface area contributed by atoms with Crippen molar-refractivity contribution in [2.75, 3.05) is 40.3 Å². The van der Waals surface area contributed by atoms with Crippen molar-refractivity contribution in [1.29, 1.82) is 5.26 Å². The number of nitriles is 1. The van der Waals surface area contributed by atoms with Crippen LogP contribution < -0.4 is 0 Å². The molecule has 2 heterocycles. The fraction of sp³-hybridized carbons (Fsp3) is 0.370. The van der Waals surface area contributed by atoms with Crippen LogP contribution in [-0.4, -0.2) is 77.3 Å². The van der Waals surface area contributed by atoms with Crippen molar-refractivity contribution >= 4 is 16.8 Å². The minimum absolute atomic E-state index is 0.169. The van der Waals surface area contributed by atoms with Gasteiger partial charge in [0.05, 0.1) is 22.6 Å². The second-order valence-electron chi connectivity index (χ2n) is 9.62. The number of pyridine rings is 1. The van der Waals surface area contributed by atoms with Gasteiger partial charge in [0, 0.05) is 43.3 Å². The van der Waals surface area contributed by atoms with E-state index in [1.54, 1.807) is 36.2 Å². The number of carbonyl (C=O) groups is 1. The summed E-state index contributed by atoms with van der Waals surface area (Å²) in [5.41, 5.74) is 3.02. The van der Waals surface area contributed by atoms with E-state index in [0.717, 1.165) is 24.0 Å². The molecular weight excluding hydrogens is 445 g/mol. The molecule has 1 atom stereocenters. The Balaban J connectivity index is 1.51. The normalized spacial score (nSPS) is 18.5. The molecule has 0 radical (unpaired) electrons. The van der Waals surface area contributed by atoms with Gasteiger partial charge in [-0.05, 0) is 56.3 Å². The van der Waals surface area contributed by atoms with Crippen molar-refractivity contribution in [2.24, 2.45) is 0 Å². The third-order valence-electron chi connectivity index (χ3n) is 7.14. The van der Waals surface area contributed by atoms with Crippen LogP contribution >= 0.6 is 0 Å². The third-order valence-corrected chi connectivity index (χ3v) is 7.14. The Morgan fingerprint density at radius 1 is 1.14 bits per heavy atom. The van der Waals surface area contributed by atoms with E-state index in [4.69, 9.17) is 0 Å². The zero-order valence-corrected chi connectivity index (χ0v) is 19.9. The fourth-order valence-electron chi connectivity index (χ4n) is 4.84. The zero-order valence-electron chi connectivity index (χ0n) is 19.9. The number of nitrogens with zero attached hydrogens (tertiary/aromatic N) is 5. The Morgan fingerprint density at radius 3 is 2.43 bits per heavy atom. The third kappa shape index (κ3) is 4.27. The fourth-order valence-corrected chi connectivity index (χ4v) is 4.84. The molecule has 1 N–H and O–H groups in total. The highest BCUT2D eigenvalue weighted by Gasteiger charge is 2.44. The molecule has 1 amide bonds. The number of aromatic nitrogens is 1. The van der Waals surface area contributed by atoms with Gasteiger partial charge in [0.25, 0.3) is 5.91 Å². The second-order valence-corrected chi connectivity index (χ2v) is 9.62. The highest BCUT2D eigenvalue weighted by atomic mass is 19.1. The minimum atomic E-state index is -0.699. The van der Waals surface area contributed by atoms with Gasteiger partial charge in [-0.2, -0.15) is 5.26 Å². The first-order chi connectivity index (χ1) is 16.8. The van der Waals surface area contributed by atoms with Gasteiger partial charge in [-0.1, -0.05) is 24.3 Å². The number of rotatable bonds is 5. The van der Waals surface area contributed by atoms with Crippen LogP contribution in [0, 0.1) is 17.1 Å². The number of aliphatic hydroxyl groups excluding tert-OH is 1. The van der Waals surface area contributed by atoms with Crippen molar-refractivity contribution in [1.82, 2.24) is 19.7 Å². The Hall–Kier alpha value is -3.38. The lowest BCUT2D eigenvalue weighted by atomic mass is 9.91. The van der Waals surface area contributed by atoms with Gasteiger partial charge in [0.15, 0.2) is 6.35 Å². The maximum Gasteiger partial charge on any atom is 0.256 e. The largest absolute Gasteiger partial charge is 0.365 e. The minimum Gasteiger partial charge on any atom is -0.365 e. The lowest BCUT2D eigenvalue weighted by Gasteiger charge is -2.39. The van der Waals surface area contributed by atoms with E-state index < -0.39 is 17.6 Å². The number of piperazine rings is 1. The van der Waals surface area contributed by atoms with E-state index in [9.17, 15) is 19.6 Å². The van der Waals surface area contributed by atoms with Gasteiger partial charge in [-0.15, -0.1) is 0 Å². The molecule has 0 spiro atoms. The summed E-state index contributed by atoms with van der Waals surface area (Å²) in [5.74, 6) is -0.563. The molecule has 1 saturated heterocycles. The zero-order chi connectivity index (χ0) is 24.7. The van der Waals surface area contributed by atoms with Crippen molar-refractivity contribution in [2.45, 2.75) is 24.6 Å². The molecule has 2 aliphatic rings. The molecule has 180 valence electrons. The van der Waals surface area contributed by atoms with E-state index >= 15 is 0 Å². The number of amides is 1. The highest BCUT2D eigenvalue weighted by molar-refractivity contribution is 6.08. The molecule has 7 nitrogen and oxygen atoms in total. The molecule has 1 unspecified atom stereocenters. The van der Waals surface area contributed by atoms with Crippen LogP contribution in [0.1, 0.15) is 28.8 Å². The number of hydrogen-bond donors (Lipinski definition) is 1. The summed E-state index contributed by atoms with van der Waals surface area (Å²) in [6.45, 7) is 2.02. The second kappa shape index (κ2) is 9.00. The molecule has 1 aromatic heterocycles. The standard InChI is InChI=1S/C27H28FN5O2/c1-31(2)26(35)33-13-11-32(12-14-33)25(34)22-16-30-23-8-7-20(28)15-21(23)24(22)18-3-5-19(6-4-18)27(17-29)9-10-27/h3-8,15-16,26,35H,9-14H2,1-2H3. The maximum absolute atomic E-state index is 14.3. The Bertz CT molecular complexity index is 1310. The first kappa shape index (κ1) is 23.4. The van der Waals surface area contributed by atoms with Gasteiger partial charge in [-0.3, -0.25) is 19.6 Å². The van der Waals surface area contributed by atoms with E-state index in [0.29, 0.717) is 48.2 Å². The summed E-state index contributed by atoms with van der Waals surface area (Å²) in [5, 5.41) is 20.4. The molecule has 5 rings (SSSR count). The molecule has 2 fully saturated rings. The molecule has 35 heavy (non-hydrogen) atoms. The van der Waals surface area contributed by atoms with Gasteiger partial charge < -0.3 is 10.0 Å². The van der Waals surface area contributed by atoms with Crippen molar-refractivity contribution in [3.05, 3.63) is 65.6 Å². The lowest BCUT2D eigenvalue weighted by molar-refractivity contribution is -0.102. The number of benzene rings is 2. The summed E-state index contributed by atoms with van der Waals surface area (Å²) in [4.78, 5) is 23.5. The monoisotopic (exact) mass is 473 g/mol. The maximum atomic E-state index is 14.3. The number of carbonyl (C=O) groups excluding carboxylic acids is 1. The molecule has 0 bridgehead atoms. The Kier molecular flexibility index (Phi) is 6.01. The van der Waals surface area contributed by atoms with Crippen LogP contribution in [-0.2, 0) is 5.41 Å². The van der Waals surface area contributed by atoms with Crippen molar-refractivity contribution in [3.63, 3.8) is 0 Å². The number of aliphatic hydroxyl groups is 1. The smallest absolute Gasteiger partial charge is 0.256 e. The van der Waals surface area contributed by atoms with E-state index in [1.165, 1.54) is 12.1 Å². The van der Waals surface area contributed by atoms with Crippen LogP contribution in [0.3, 0.4) is 0 Å². The molecule has 2 aromatic carbocycles. The average Bonchev–Trinajstić information content (AvgIpc) is 3.68. The molecule has 1 aliphatic carbocycles. The van der Waals surface area contributed by atoms with Crippen molar-refractivity contribution < 1.29 is 14.3 Å². The predicted molar refractivity (Wildman–Crippen MR) is 131 cm³/mol. The van der Waals surface area contributed by atoms with Crippen LogP contribution in [0.5, 0.6) is 0 Å². The van der Waals surface area contributed by atoms with Gasteiger partial charge in [-0.25, -0.2) is 4.39 Å². The molecule has 3 aromatic rings. The van der Waals surface area contributed by atoms with Crippen LogP contribution in [0.2, 0.25) is 0 Å². The van der Waals surface area contributed by atoms with Crippen molar-refractivity contribution in [3.8, 4) is 17.2 Å². The number of halogens is 1. The topological polar surface area (TPSA) is 83.7 Å². The summed E-state index contributed by atoms with van der Waals surface area (Å²) in [6.07, 6.45) is 2.58. The Labute approximate surface area is 204 Å².